The summed E-state index contributed by atoms with van der Waals surface area (Å²) < 4.78 is 11.1. The molecule has 2 aliphatic rings. The highest BCUT2D eigenvalue weighted by Gasteiger charge is 2.65. The topological polar surface area (TPSA) is 77.4 Å². The van der Waals surface area contributed by atoms with Gasteiger partial charge in [-0.3, -0.25) is 4.79 Å². The molecule has 0 radical (unpaired) electrons. The van der Waals surface area contributed by atoms with E-state index in [9.17, 15) is 9.59 Å². The molecule has 2 heterocycles. The maximum absolute atomic E-state index is 14.3. The fourth-order valence-corrected chi connectivity index (χ4v) is 4.67. The van der Waals surface area contributed by atoms with Crippen LogP contribution in [-0.4, -0.2) is 30.4 Å². The Balaban J connectivity index is 1.73. The van der Waals surface area contributed by atoms with Crippen LogP contribution in [0.25, 0.3) is 0 Å². The molecule has 0 saturated carbocycles. The van der Waals surface area contributed by atoms with Gasteiger partial charge in [0.2, 0.25) is 0 Å². The summed E-state index contributed by atoms with van der Waals surface area (Å²) in [5.41, 5.74) is 0.748. The molecule has 0 bridgehead atoms. The fraction of sp³-hybridized carbons (Fsp3) is 0.250. The summed E-state index contributed by atoms with van der Waals surface area (Å²) in [6, 6.07) is 24.3. The number of anilines is 1. The molecule has 7 nitrogen and oxygen atoms in total. The third kappa shape index (κ3) is 3.64. The fourth-order valence-electron chi connectivity index (χ4n) is 4.67. The first-order valence-electron chi connectivity index (χ1n) is 11.4. The van der Waals surface area contributed by atoms with Crippen molar-refractivity contribution in [3.05, 3.63) is 95.6 Å². The standard InChI is InChI=1S/C28H26N2O5/c1-27(2,3)34-26(32)30-22-16-15-20(33-4)17-21(22)28(25(30)31)23(18-11-7-5-8-12-18)24(29-35-28)19-13-9-6-10-14-19/h5-17,23H,1-4H3. The third-order valence-electron chi connectivity index (χ3n) is 6.11. The van der Waals surface area contributed by atoms with Crippen LogP contribution >= 0.6 is 0 Å². The van der Waals surface area contributed by atoms with Gasteiger partial charge in [0.25, 0.3) is 11.5 Å². The number of methoxy groups -OCH3 is 1. The number of benzene rings is 3. The van der Waals surface area contributed by atoms with Crippen LogP contribution in [0.3, 0.4) is 0 Å². The smallest absolute Gasteiger partial charge is 0.421 e. The van der Waals surface area contributed by atoms with Gasteiger partial charge in [-0.15, -0.1) is 0 Å². The van der Waals surface area contributed by atoms with E-state index >= 15 is 0 Å². The van der Waals surface area contributed by atoms with E-state index in [1.165, 1.54) is 0 Å². The molecule has 5 rings (SSSR count). The van der Waals surface area contributed by atoms with E-state index in [1.54, 1.807) is 46.1 Å². The average Bonchev–Trinajstić information content (AvgIpc) is 3.36. The van der Waals surface area contributed by atoms with E-state index in [0.717, 1.165) is 16.0 Å². The molecule has 1 spiro atoms. The van der Waals surface area contributed by atoms with Gasteiger partial charge >= 0.3 is 6.09 Å². The van der Waals surface area contributed by atoms with Gasteiger partial charge < -0.3 is 14.3 Å². The number of carbonyl (C=O) groups is 2. The van der Waals surface area contributed by atoms with Crippen molar-refractivity contribution in [2.24, 2.45) is 5.16 Å². The Morgan fingerprint density at radius 1 is 1.00 bits per heavy atom. The van der Waals surface area contributed by atoms with E-state index in [-0.39, 0.29) is 0 Å². The lowest BCUT2D eigenvalue weighted by Gasteiger charge is -2.29. The monoisotopic (exact) mass is 470 g/mol. The van der Waals surface area contributed by atoms with Gasteiger partial charge in [0.15, 0.2) is 0 Å². The molecule has 178 valence electrons. The molecular formula is C28H26N2O5. The van der Waals surface area contributed by atoms with Gasteiger partial charge in [-0.2, -0.15) is 0 Å². The summed E-state index contributed by atoms with van der Waals surface area (Å²) in [6.45, 7) is 5.27. The second-order valence-electron chi connectivity index (χ2n) is 9.52. The summed E-state index contributed by atoms with van der Waals surface area (Å²) in [5.74, 6) is -0.638. The van der Waals surface area contributed by atoms with Crippen LogP contribution in [0, 0.1) is 0 Å². The Morgan fingerprint density at radius 2 is 1.66 bits per heavy atom. The largest absolute Gasteiger partial charge is 0.497 e. The molecule has 7 heteroatoms. The Morgan fingerprint density at radius 3 is 2.29 bits per heavy atom. The van der Waals surface area contributed by atoms with Crippen LogP contribution < -0.4 is 9.64 Å². The molecule has 0 saturated heterocycles. The average molecular weight is 471 g/mol. The van der Waals surface area contributed by atoms with Crippen molar-refractivity contribution in [3.63, 3.8) is 0 Å². The maximum atomic E-state index is 14.3. The number of hydrogen-bond acceptors (Lipinski definition) is 6. The summed E-state index contributed by atoms with van der Waals surface area (Å²) in [6.07, 6.45) is -0.769. The van der Waals surface area contributed by atoms with Crippen LogP contribution in [0.2, 0.25) is 0 Å². The SMILES string of the molecule is COc1ccc2c(c1)C1(ON=C(c3ccccc3)C1c1ccccc1)C(=O)N2C(=O)OC(C)(C)C. The Hall–Kier alpha value is -4.13. The number of amides is 2. The van der Waals surface area contributed by atoms with Crippen LogP contribution in [0.1, 0.15) is 43.4 Å². The molecule has 2 aliphatic heterocycles. The van der Waals surface area contributed by atoms with Crippen molar-refractivity contribution in [1.29, 1.82) is 0 Å². The van der Waals surface area contributed by atoms with Gasteiger partial charge in [-0.1, -0.05) is 65.8 Å². The van der Waals surface area contributed by atoms with Crippen LogP contribution in [-0.2, 0) is 20.0 Å². The molecule has 0 N–H and O–H groups in total. The lowest BCUT2D eigenvalue weighted by atomic mass is 9.74. The first kappa shape index (κ1) is 22.7. The van der Waals surface area contributed by atoms with E-state index < -0.39 is 29.1 Å². The van der Waals surface area contributed by atoms with Crippen molar-refractivity contribution in [2.75, 3.05) is 12.0 Å². The van der Waals surface area contributed by atoms with Gasteiger partial charge in [-0.05, 0) is 44.5 Å². The molecule has 2 unspecified atom stereocenters. The van der Waals surface area contributed by atoms with Crippen molar-refractivity contribution in [1.82, 2.24) is 0 Å². The summed E-state index contributed by atoms with van der Waals surface area (Å²) in [7, 11) is 1.55. The highest BCUT2D eigenvalue weighted by molar-refractivity contribution is 6.24. The number of carbonyl (C=O) groups excluding carboxylic acids is 2. The van der Waals surface area contributed by atoms with Crippen molar-refractivity contribution in [3.8, 4) is 5.75 Å². The van der Waals surface area contributed by atoms with Gasteiger partial charge in [-0.25, -0.2) is 9.69 Å². The number of oxime groups is 1. The lowest BCUT2D eigenvalue weighted by molar-refractivity contribution is -0.141. The third-order valence-corrected chi connectivity index (χ3v) is 6.11. The zero-order valence-electron chi connectivity index (χ0n) is 20.0. The molecule has 0 fully saturated rings. The molecule has 3 aromatic carbocycles. The molecule has 2 amide bonds. The number of hydrogen-bond donors (Lipinski definition) is 0. The second-order valence-corrected chi connectivity index (χ2v) is 9.52. The number of rotatable bonds is 3. The molecule has 0 aliphatic carbocycles. The van der Waals surface area contributed by atoms with Crippen molar-refractivity contribution in [2.45, 2.75) is 37.9 Å². The van der Waals surface area contributed by atoms with Gasteiger partial charge in [0.1, 0.15) is 11.4 Å². The van der Waals surface area contributed by atoms with Crippen molar-refractivity contribution >= 4 is 23.4 Å². The minimum atomic E-state index is -1.60. The quantitative estimate of drug-likeness (QED) is 0.513. The van der Waals surface area contributed by atoms with E-state index in [0.29, 0.717) is 22.7 Å². The minimum absolute atomic E-state index is 0.385. The predicted molar refractivity (Wildman–Crippen MR) is 132 cm³/mol. The molecular weight excluding hydrogens is 444 g/mol. The van der Waals surface area contributed by atoms with Crippen LogP contribution in [0.5, 0.6) is 5.75 Å². The minimum Gasteiger partial charge on any atom is -0.497 e. The number of ether oxygens (including phenoxy) is 2. The van der Waals surface area contributed by atoms with Crippen molar-refractivity contribution < 1.29 is 23.9 Å². The predicted octanol–water partition coefficient (Wildman–Crippen LogP) is 5.39. The Bertz CT molecular complexity index is 1310. The summed E-state index contributed by atoms with van der Waals surface area (Å²) >= 11 is 0. The lowest BCUT2D eigenvalue weighted by Crippen LogP contribution is -2.48. The first-order valence-corrected chi connectivity index (χ1v) is 11.4. The van der Waals surface area contributed by atoms with Crippen LogP contribution in [0.15, 0.2) is 84.0 Å². The maximum Gasteiger partial charge on any atom is 0.421 e. The van der Waals surface area contributed by atoms with Gasteiger partial charge in [0.05, 0.1) is 24.4 Å². The Kier molecular flexibility index (Phi) is 5.35. The zero-order chi connectivity index (χ0) is 24.8. The highest BCUT2D eigenvalue weighted by atomic mass is 16.7. The molecule has 2 atom stereocenters. The second kappa shape index (κ2) is 8.27. The van der Waals surface area contributed by atoms with E-state index in [2.05, 4.69) is 5.16 Å². The number of nitrogens with zero attached hydrogens (tertiary/aromatic N) is 2. The molecule has 0 aromatic heterocycles. The summed E-state index contributed by atoms with van der Waals surface area (Å²) in [5, 5.41) is 4.45. The van der Waals surface area contributed by atoms with Gasteiger partial charge in [0, 0.05) is 11.1 Å². The number of fused-ring (bicyclic) bond motifs is 2. The van der Waals surface area contributed by atoms with E-state index in [1.807, 2.05) is 60.7 Å². The summed E-state index contributed by atoms with van der Waals surface area (Å²) in [4.78, 5) is 34.7. The molecule has 35 heavy (non-hydrogen) atoms. The first-order chi connectivity index (χ1) is 16.8. The zero-order valence-corrected chi connectivity index (χ0v) is 20.0. The van der Waals surface area contributed by atoms with Crippen LogP contribution in [0.4, 0.5) is 10.5 Å². The van der Waals surface area contributed by atoms with E-state index in [4.69, 9.17) is 14.3 Å². The highest BCUT2D eigenvalue weighted by Crippen LogP contribution is 2.55. The normalized spacial score (nSPS) is 20.9. The molecule has 3 aromatic rings. The Labute approximate surface area is 203 Å². The number of imide groups is 1.